The highest BCUT2D eigenvalue weighted by molar-refractivity contribution is 6.31. The summed E-state index contributed by atoms with van der Waals surface area (Å²) in [5, 5.41) is 2.44. The second-order valence-corrected chi connectivity index (χ2v) is 5.47. The molecular formula is C14H19ClF3N3O. The second-order valence-electron chi connectivity index (χ2n) is 5.10. The Morgan fingerprint density at radius 1 is 1.50 bits per heavy atom. The standard InChI is InChI=1S/C14H19ClF3N3O/c1-9(6-14(17,18)8-19)21(2)13(22)20-7-10-4-3-5-11(16)12(10)15/h3-5,9H,6-8,19H2,1-2H3,(H,20,22). The molecule has 1 aromatic rings. The van der Waals surface area contributed by atoms with E-state index in [9.17, 15) is 18.0 Å². The van der Waals surface area contributed by atoms with Gasteiger partial charge in [-0.3, -0.25) is 0 Å². The number of urea groups is 1. The van der Waals surface area contributed by atoms with Crippen LogP contribution in [-0.4, -0.2) is 36.5 Å². The second kappa shape index (κ2) is 7.69. The number of hydrogen-bond acceptors (Lipinski definition) is 2. The maximum absolute atomic E-state index is 13.3. The molecule has 0 aromatic heterocycles. The highest BCUT2D eigenvalue weighted by atomic mass is 35.5. The zero-order valence-corrected chi connectivity index (χ0v) is 13.1. The summed E-state index contributed by atoms with van der Waals surface area (Å²) in [6.07, 6.45) is -0.534. The fourth-order valence-electron chi connectivity index (χ4n) is 1.83. The summed E-state index contributed by atoms with van der Waals surface area (Å²) in [7, 11) is 1.40. The van der Waals surface area contributed by atoms with Crippen molar-refractivity contribution in [2.24, 2.45) is 5.73 Å². The Kier molecular flexibility index (Phi) is 6.49. The normalized spacial score (nSPS) is 12.9. The lowest BCUT2D eigenvalue weighted by atomic mass is 10.1. The lowest BCUT2D eigenvalue weighted by Gasteiger charge is -2.28. The average Bonchev–Trinajstić information content (AvgIpc) is 2.47. The van der Waals surface area contributed by atoms with Crippen molar-refractivity contribution in [3.05, 3.63) is 34.6 Å². The molecule has 0 aliphatic heterocycles. The van der Waals surface area contributed by atoms with Crippen LogP contribution in [0.1, 0.15) is 18.9 Å². The molecule has 3 N–H and O–H groups in total. The van der Waals surface area contributed by atoms with E-state index in [4.69, 9.17) is 17.3 Å². The first-order valence-electron chi connectivity index (χ1n) is 6.69. The molecule has 0 saturated heterocycles. The third-order valence-corrected chi connectivity index (χ3v) is 3.76. The Balaban J connectivity index is 2.59. The van der Waals surface area contributed by atoms with E-state index in [-0.39, 0.29) is 11.6 Å². The van der Waals surface area contributed by atoms with Crippen LogP contribution in [-0.2, 0) is 6.54 Å². The lowest BCUT2D eigenvalue weighted by molar-refractivity contribution is -0.0145. The number of nitrogens with zero attached hydrogens (tertiary/aromatic N) is 1. The van der Waals surface area contributed by atoms with Crippen molar-refractivity contribution in [1.82, 2.24) is 10.2 Å². The molecule has 0 bridgehead atoms. The zero-order valence-electron chi connectivity index (χ0n) is 12.4. The quantitative estimate of drug-likeness (QED) is 0.838. The van der Waals surface area contributed by atoms with Gasteiger partial charge in [0.1, 0.15) is 5.82 Å². The van der Waals surface area contributed by atoms with Crippen LogP contribution in [0.15, 0.2) is 18.2 Å². The van der Waals surface area contributed by atoms with Gasteiger partial charge in [-0.05, 0) is 18.6 Å². The van der Waals surface area contributed by atoms with E-state index in [0.717, 1.165) is 4.90 Å². The lowest BCUT2D eigenvalue weighted by Crippen LogP contribution is -2.45. The molecule has 8 heteroatoms. The number of alkyl halides is 2. The summed E-state index contributed by atoms with van der Waals surface area (Å²) in [5.41, 5.74) is 5.38. The molecule has 0 aliphatic carbocycles. The molecule has 1 aromatic carbocycles. The fraction of sp³-hybridized carbons (Fsp3) is 0.500. The fourth-order valence-corrected chi connectivity index (χ4v) is 2.03. The van der Waals surface area contributed by atoms with Crippen LogP contribution < -0.4 is 11.1 Å². The van der Waals surface area contributed by atoms with Crippen molar-refractivity contribution in [1.29, 1.82) is 0 Å². The molecule has 1 unspecified atom stereocenters. The van der Waals surface area contributed by atoms with Crippen LogP contribution in [0.3, 0.4) is 0 Å². The van der Waals surface area contributed by atoms with Crippen LogP contribution in [0.4, 0.5) is 18.0 Å². The predicted octanol–water partition coefficient (Wildman–Crippen LogP) is 2.99. The molecule has 0 fully saturated rings. The minimum atomic E-state index is -3.03. The van der Waals surface area contributed by atoms with Gasteiger partial charge in [0.25, 0.3) is 5.92 Å². The zero-order chi connectivity index (χ0) is 16.9. The molecule has 0 radical (unpaired) electrons. The molecular weight excluding hydrogens is 319 g/mol. The van der Waals surface area contributed by atoms with E-state index in [0.29, 0.717) is 5.56 Å². The molecule has 1 atom stereocenters. The molecule has 4 nitrogen and oxygen atoms in total. The maximum atomic E-state index is 13.3. The van der Waals surface area contributed by atoms with Crippen LogP contribution in [0.25, 0.3) is 0 Å². The van der Waals surface area contributed by atoms with Gasteiger partial charge in [0, 0.05) is 26.1 Å². The summed E-state index contributed by atoms with van der Waals surface area (Å²) >= 11 is 5.77. The van der Waals surface area contributed by atoms with Gasteiger partial charge in [-0.2, -0.15) is 0 Å². The number of hydrogen-bond donors (Lipinski definition) is 2. The van der Waals surface area contributed by atoms with Crippen molar-refractivity contribution in [3.63, 3.8) is 0 Å². The summed E-state index contributed by atoms with van der Waals surface area (Å²) in [4.78, 5) is 13.1. The largest absolute Gasteiger partial charge is 0.334 e. The minimum Gasteiger partial charge on any atom is -0.334 e. The Hall–Kier alpha value is -1.47. The summed E-state index contributed by atoms with van der Waals surface area (Å²) in [6, 6.07) is 2.98. The van der Waals surface area contributed by atoms with E-state index in [1.807, 2.05) is 0 Å². The number of rotatable bonds is 6. The monoisotopic (exact) mass is 337 g/mol. The minimum absolute atomic E-state index is 0.000230. The number of amides is 2. The van der Waals surface area contributed by atoms with E-state index in [1.54, 1.807) is 6.07 Å². The van der Waals surface area contributed by atoms with Crippen LogP contribution >= 0.6 is 11.6 Å². The van der Waals surface area contributed by atoms with Crippen LogP contribution in [0, 0.1) is 5.82 Å². The van der Waals surface area contributed by atoms with Crippen LogP contribution in [0.2, 0.25) is 5.02 Å². The van der Waals surface area contributed by atoms with Crippen molar-refractivity contribution >= 4 is 17.6 Å². The molecule has 0 saturated carbocycles. The van der Waals surface area contributed by atoms with Gasteiger partial charge in [-0.15, -0.1) is 0 Å². The van der Waals surface area contributed by atoms with Gasteiger partial charge in [-0.1, -0.05) is 23.7 Å². The van der Waals surface area contributed by atoms with Crippen molar-refractivity contribution in [2.45, 2.75) is 31.9 Å². The topological polar surface area (TPSA) is 58.4 Å². The summed E-state index contributed by atoms with van der Waals surface area (Å²) in [6.45, 7) is 0.726. The predicted molar refractivity (Wildman–Crippen MR) is 79.5 cm³/mol. The first kappa shape index (κ1) is 18.6. The molecule has 124 valence electrons. The number of benzene rings is 1. The summed E-state index contributed by atoms with van der Waals surface area (Å²) in [5.74, 6) is -3.61. The Labute approximate surface area is 132 Å². The molecule has 2 amide bonds. The van der Waals surface area contributed by atoms with E-state index < -0.39 is 36.8 Å². The van der Waals surface area contributed by atoms with Gasteiger partial charge in [0.15, 0.2) is 0 Å². The summed E-state index contributed by atoms with van der Waals surface area (Å²) < 4.78 is 39.7. The van der Waals surface area contributed by atoms with Gasteiger partial charge in [0.05, 0.1) is 11.6 Å². The molecule has 0 spiro atoms. The maximum Gasteiger partial charge on any atom is 0.317 e. The Morgan fingerprint density at radius 2 is 2.14 bits per heavy atom. The molecule has 1 rings (SSSR count). The van der Waals surface area contributed by atoms with Crippen molar-refractivity contribution in [3.8, 4) is 0 Å². The number of halogens is 4. The highest BCUT2D eigenvalue weighted by Crippen LogP contribution is 2.21. The van der Waals surface area contributed by atoms with Crippen LogP contribution in [0.5, 0.6) is 0 Å². The number of nitrogens with one attached hydrogen (secondary N) is 1. The number of nitrogens with two attached hydrogens (primary N) is 1. The Morgan fingerprint density at radius 3 is 2.73 bits per heavy atom. The molecule has 0 heterocycles. The molecule has 22 heavy (non-hydrogen) atoms. The molecule has 0 aliphatic rings. The first-order valence-corrected chi connectivity index (χ1v) is 7.07. The van der Waals surface area contributed by atoms with Gasteiger partial charge in [0.2, 0.25) is 0 Å². The van der Waals surface area contributed by atoms with Gasteiger partial charge in [-0.25, -0.2) is 18.0 Å². The van der Waals surface area contributed by atoms with Crippen molar-refractivity contribution < 1.29 is 18.0 Å². The number of carbonyl (C=O) groups is 1. The van der Waals surface area contributed by atoms with E-state index in [2.05, 4.69) is 5.32 Å². The van der Waals surface area contributed by atoms with E-state index in [1.165, 1.54) is 26.1 Å². The number of carbonyl (C=O) groups excluding carboxylic acids is 1. The Bertz CT molecular complexity index is 528. The van der Waals surface area contributed by atoms with Crippen molar-refractivity contribution in [2.75, 3.05) is 13.6 Å². The third-order valence-electron chi connectivity index (χ3n) is 3.34. The third kappa shape index (κ3) is 5.06. The van der Waals surface area contributed by atoms with E-state index >= 15 is 0 Å². The van der Waals surface area contributed by atoms with Gasteiger partial charge < -0.3 is 16.0 Å². The highest BCUT2D eigenvalue weighted by Gasteiger charge is 2.31. The SMILES string of the molecule is CC(CC(F)(F)CN)N(C)C(=O)NCc1cccc(F)c1Cl. The first-order chi connectivity index (χ1) is 10.2. The van der Waals surface area contributed by atoms with Gasteiger partial charge >= 0.3 is 6.03 Å². The smallest absolute Gasteiger partial charge is 0.317 e. The average molecular weight is 338 g/mol.